The standard InChI is InChI=1S/C32H54N6O8.C6H6.2C2H6/c1-8-12-22(27(41)29(43)34-19-23(39)33-17-15-24(40)37(6)7)35-28(42)26-20(2)16-18-38(26)30(44)25(21-13-10-9-11-14-21)36-31(45)46-32(3,4)5;1-2-4-6-5-3-1;2*1-2/h20-22,25-26H,8-19H2,1-7H3,(H,33,39)(H,34,43)(H,35,42)(H,36,45);1-6H;2*1-2H3/t20-,22?,25?,26?;;;/m0.../s1. The fourth-order valence-electron chi connectivity index (χ4n) is 6.26. The van der Waals surface area contributed by atoms with E-state index in [0.29, 0.717) is 19.4 Å². The van der Waals surface area contributed by atoms with E-state index in [1.807, 2.05) is 71.0 Å². The summed E-state index contributed by atoms with van der Waals surface area (Å²) in [7, 11) is 3.20. The summed E-state index contributed by atoms with van der Waals surface area (Å²) in [4.78, 5) is 92.9. The van der Waals surface area contributed by atoms with Crippen molar-refractivity contribution in [2.75, 3.05) is 33.7 Å². The summed E-state index contributed by atoms with van der Waals surface area (Å²) in [5.41, 5.74) is -0.752. The number of ketones is 1. The van der Waals surface area contributed by atoms with Gasteiger partial charge in [0.05, 0.1) is 12.6 Å². The Bertz CT molecular complexity index is 1320. The van der Waals surface area contributed by atoms with E-state index in [1.54, 1.807) is 41.8 Å². The van der Waals surface area contributed by atoms with Crippen LogP contribution in [0, 0.1) is 11.8 Å². The molecule has 1 aliphatic heterocycles. The minimum absolute atomic E-state index is 0.0812. The Kier molecular flexibility index (Phi) is 25.7. The van der Waals surface area contributed by atoms with Crippen molar-refractivity contribution in [3.63, 3.8) is 0 Å². The number of hydrogen-bond acceptors (Lipinski definition) is 8. The first-order chi connectivity index (χ1) is 26.5. The van der Waals surface area contributed by atoms with Crippen LogP contribution in [0.4, 0.5) is 4.79 Å². The maximum atomic E-state index is 14.0. The molecule has 1 aromatic rings. The molecule has 1 saturated carbocycles. The average Bonchev–Trinajstić information content (AvgIpc) is 3.58. The molecule has 4 atom stereocenters. The number of benzene rings is 1. The summed E-state index contributed by atoms with van der Waals surface area (Å²) in [6.45, 7) is 16.8. The van der Waals surface area contributed by atoms with Gasteiger partial charge in [-0.15, -0.1) is 0 Å². The van der Waals surface area contributed by atoms with Gasteiger partial charge in [0.25, 0.3) is 5.91 Å². The number of amides is 6. The first-order valence-electron chi connectivity index (χ1n) is 20.4. The number of hydrogen-bond donors (Lipinski definition) is 4. The normalized spacial score (nSPS) is 17.3. The van der Waals surface area contributed by atoms with Gasteiger partial charge < -0.3 is 35.8 Å². The first-order valence-corrected chi connectivity index (χ1v) is 20.4. The number of alkyl carbamates (subject to hydrolysis) is 1. The Morgan fingerprint density at radius 3 is 1.88 bits per heavy atom. The predicted molar refractivity (Wildman–Crippen MR) is 219 cm³/mol. The Hall–Kier alpha value is -4.49. The van der Waals surface area contributed by atoms with Gasteiger partial charge in [-0.3, -0.25) is 28.8 Å². The Morgan fingerprint density at radius 1 is 0.821 bits per heavy atom. The van der Waals surface area contributed by atoms with E-state index in [-0.39, 0.29) is 43.0 Å². The van der Waals surface area contributed by atoms with Gasteiger partial charge in [-0.25, -0.2) is 4.79 Å². The summed E-state index contributed by atoms with van der Waals surface area (Å²) in [5, 5.41) is 10.3. The van der Waals surface area contributed by atoms with E-state index in [2.05, 4.69) is 21.3 Å². The molecular formula is C42H72N6O8. The van der Waals surface area contributed by atoms with Crippen LogP contribution in [0.15, 0.2) is 36.4 Å². The quantitative estimate of drug-likeness (QED) is 0.190. The molecule has 1 aliphatic carbocycles. The number of ether oxygens (including phenoxy) is 1. The highest BCUT2D eigenvalue weighted by Gasteiger charge is 2.45. The molecule has 14 nitrogen and oxygen atoms in total. The second-order valence-electron chi connectivity index (χ2n) is 14.7. The lowest BCUT2D eigenvalue weighted by Gasteiger charge is -2.35. The molecule has 3 unspecified atom stereocenters. The van der Waals surface area contributed by atoms with Crippen molar-refractivity contribution in [2.24, 2.45) is 11.8 Å². The molecule has 4 N–H and O–H groups in total. The third kappa shape index (κ3) is 19.4. The number of nitrogens with zero attached hydrogens (tertiary/aromatic N) is 2. The van der Waals surface area contributed by atoms with Crippen LogP contribution < -0.4 is 21.3 Å². The molecule has 14 heteroatoms. The molecule has 1 saturated heterocycles. The van der Waals surface area contributed by atoms with Gasteiger partial charge in [-0.2, -0.15) is 0 Å². The average molecular weight is 789 g/mol. The number of nitrogens with one attached hydrogen (secondary N) is 4. The predicted octanol–water partition coefficient (Wildman–Crippen LogP) is 5.00. The zero-order chi connectivity index (χ0) is 42.8. The molecule has 6 amide bonds. The molecule has 2 fully saturated rings. The lowest BCUT2D eigenvalue weighted by atomic mass is 9.83. The molecule has 1 heterocycles. The van der Waals surface area contributed by atoms with E-state index < -0.39 is 59.9 Å². The van der Waals surface area contributed by atoms with E-state index in [4.69, 9.17) is 4.74 Å². The number of carbonyl (C=O) groups excluding carboxylic acids is 7. The third-order valence-electron chi connectivity index (χ3n) is 8.98. The van der Waals surface area contributed by atoms with Crippen LogP contribution in [-0.4, -0.2) is 109 Å². The molecule has 318 valence electrons. The van der Waals surface area contributed by atoms with Crippen molar-refractivity contribution >= 4 is 41.4 Å². The Morgan fingerprint density at radius 2 is 1.38 bits per heavy atom. The molecule has 56 heavy (non-hydrogen) atoms. The molecule has 1 aromatic carbocycles. The highest BCUT2D eigenvalue weighted by atomic mass is 16.6. The van der Waals surface area contributed by atoms with Crippen molar-refractivity contribution in [1.82, 2.24) is 31.1 Å². The summed E-state index contributed by atoms with van der Waals surface area (Å²) in [6.07, 6.45) is 5.06. The number of rotatable bonds is 14. The largest absolute Gasteiger partial charge is 0.444 e. The summed E-state index contributed by atoms with van der Waals surface area (Å²) >= 11 is 0. The van der Waals surface area contributed by atoms with Crippen LogP contribution in [-0.2, 0) is 33.5 Å². The van der Waals surface area contributed by atoms with Gasteiger partial charge >= 0.3 is 6.09 Å². The fraction of sp³-hybridized carbons (Fsp3) is 0.690. The van der Waals surface area contributed by atoms with Gasteiger partial charge in [0, 0.05) is 33.6 Å². The summed E-state index contributed by atoms with van der Waals surface area (Å²) < 4.78 is 5.45. The molecular weight excluding hydrogens is 716 g/mol. The first kappa shape index (κ1) is 51.5. The van der Waals surface area contributed by atoms with Crippen LogP contribution >= 0.6 is 0 Å². The van der Waals surface area contributed by atoms with Crippen molar-refractivity contribution in [2.45, 2.75) is 144 Å². The zero-order valence-electron chi connectivity index (χ0n) is 36.0. The van der Waals surface area contributed by atoms with E-state index in [9.17, 15) is 33.6 Å². The molecule has 0 radical (unpaired) electrons. The highest BCUT2D eigenvalue weighted by molar-refractivity contribution is 6.38. The lowest BCUT2D eigenvalue weighted by molar-refractivity contribution is -0.144. The topological polar surface area (TPSA) is 183 Å². The van der Waals surface area contributed by atoms with Crippen LogP contribution in [0.2, 0.25) is 0 Å². The van der Waals surface area contributed by atoms with Gasteiger partial charge in [0.15, 0.2) is 0 Å². The monoisotopic (exact) mass is 789 g/mol. The second kappa shape index (κ2) is 28.0. The molecule has 3 rings (SSSR count). The Labute approximate surface area is 336 Å². The second-order valence-corrected chi connectivity index (χ2v) is 14.7. The lowest BCUT2D eigenvalue weighted by Crippen LogP contribution is -2.59. The van der Waals surface area contributed by atoms with Gasteiger partial charge in [-0.1, -0.05) is 104 Å². The van der Waals surface area contributed by atoms with E-state index >= 15 is 0 Å². The van der Waals surface area contributed by atoms with Crippen molar-refractivity contribution in [3.8, 4) is 0 Å². The van der Waals surface area contributed by atoms with E-state index in [0.717, 1.165) is 32.1 Å². The third-order valence-corrected chi connectivity index (χ3v) is 8.98. The minimum Gasteiger partial charge on any atom is -0.444 e. The maximum absolute atomic E-state index is 14.0. The molecule has 2 aliphatic rings. The maximum Gasteiger partial charge on any atom is 0.408 e. The van der Waals surface area contributed by atoms with Crippen molar-refractivity contribution in [1.29, 1.82) is 0 Å². The van der Waals surface area contributed by atoms with Crippen LogP contribution in [0.3, 0.4) is 0 Å². The zero-order valence-corrected chi connectivity index (χ0v) is 36.0. The smallest absolute Gasteiger partial charge is 0.408 e. The SMILES string of the molecule is CC.CC.CCCC(NC(=O)C1[C@@H](C)CCN1C(=O)C(NC(=O)OC(C)(C)C)C1CCCCC1)C(=O)C(=O)NCC(=O)NCCC(=O)N(C)C.c1ccccc1. The minimum atomic E-state index is -1.16. The number of Topliss-reactive ketones (excluding diaryl/α,β-unsaturated/α-hetero) is 1. The molecule has 0 bridgehead atoms. The fourth-order valence-corrected chi connectivity index (χ4v) is 6.26. The molecule has 0 spiro atoms. The number of carbonyl (C=O) groups is 7. The van der Waals surface area contributed by atoms with Crippen LogP contribution in [0.25, 0.3) is 0 Å². The summed E-state index contributed by atoms with van der Waals surface area (Å²) in [6, 6.07) is 9.09. The van der Waals surface area contributed by atoms with Gasteiger partial charge in [0.1, 0.15) is 17.7 Å². The van der Waals surface area contributed by atoms with E-state index in [1.165, 1.54) is 9.80 Å². The van der Waals surface area contributed by atoms with Gasteiger partial charge in [0.2, 0.25) is 29.4 Å². The van der Waals surface area contributed by atoms with Crippen LogP contribution in [0.1, 0.15) is 120 Å². The van der Waals surface area contributed by atoms with Gasteiger partial charge in [-0.05, 0) is 58.3 Å². The van der Waals surface area contributed by atoms with Crippen LogP contribution in [0.5, 0.6) is 0 Å². The summed E-state index contributed by atoms with van der Waals surface area (Å²) in [5.74, 6) is -3.91. The number of likely N-dealkylation sites (tertiary alicyclic amines) is 1. The van der Waals surface area contributed by atoms with Crippen molar-refractivity contribution in [3.05, 3.63) is 36.4 Å². The highest BCUT2D eigenvalue weighted by Crippen LogP contribution is 2.31. The molecule has 0 aromatic heterocycles. The Balaban J connectivity index is 0.00000267. The van der Waals surface area contributed by atoms with Crippen molar-refractivity contribution < 1.29 is 38.3 Å².